The molecular formula is C16H21F2NO2. The van der Waals surface area contributed by atoms with Crippen LogP contribution in [0.4, 0.5) is 8.78 Å². The van der Waals surface area contributed by atoms with E-state index in [4.69, 9.17) is 9.47 Å². The fourth-order valence-corrected chi connectivity index (χ4v) is 3.92. The molecule has 0 spiro atoms. The maximum atomic E-state index is 14.1. The second kappa shape index (κ2) is 5.89. The number of hydrogen-bond acceptors (Lipinski definition) is 3. The van der Waals surface area contributed by atoms with E-state index in [0.717, 1.165) is 32.0 Å². The number of fused-ring (bicyclic) bond motifs is 2. The lowest BCUT2D eigenvalue weighted by Crippen LogP contribution is -2.45. The molecule has 116 valence electrons. The van der Waals surface area contributed by atoms with Gasteiger partial charge in [0.2, 0.25) is 0 Å². The molecule has 1 saturated heterocycles. The number of hydrogen-bond donors (Lipinski definition) is 0. The summed E-state index contributed by atoms with van der Waals surface area (Å²) in [5.74, 6) is -0.209. The Morgan fingerprint density at radius 2 is 1.81 bits per heavy atom. The van der Waals surface area contributed by atoms with Crippen molar-refractivity contribution >= 4 is 0 Å². The lowest BCUT2D eigenvalue weighted by molar-refractivity contribution is -0.0184. The Labute approximate surface area is 123 Å². The first kappa shape index (κ1) is 14.7. The van der Waals surface area contributed by atoms with Crippen LogP contribution < -0.4 is 4.74 Å². The molecule has 1 aromatic rings. The van der Waals surface area contributed by atoms with Crippen LogP contribution in [0.3, 0.4) is 0 Å². The van der Waals surface area contributed by atoms with Crippen molar-refractivity contribution in [2.24, 2.45) is 11.8 Å². The van der Waals surface area contributed by atoms with E-state index in [-0.39, 0.29) is 0 Å². The van der Waals surface area contributed by atoms with Gasteiger partial charge in [0, 0.05) is 32.3 Å². The third kappa shape index (κ3) is 2.64. The van der Waals surface area contributed by atoms with Crippen molar-refractivity contribution in [3.8, 4) is 5.75 Å². The molecule has 1 heterocycles. The van der Waals surface area contributed by atoms with Gasteiger partial charge in [-0.3, -0.25) is 4.90 Å². The van der Waals surface area contributed by atoms with Gasteiger partial charge in [0.05, 0.1) is 13.2 Å². The van der Waals surface area contributed by atoms with Gasteiger partial charge in [0.15, 0.2) is 11.6 Å². The number of piperidine rings is 1. The van der Waals surface area contributed by atoms with E-state index < -0.39 is 11.6 Å². The number of rotatable bonds is 4. The maximum Gasteiger partial charge on any atom is 0.167 e. The summed E-state index contributed by atoms with van der Waals surface area (Å²) in [6.07, 6.45) is 2.63. The first-order valence-electron chi connectivity index (χ1n) is 7.40. The zero-order chi connectivity index (χ0) is 15.0. The van der Waals surface area contributed by atoms with Crippen LogP contribution in [0, 0.1) is 23.5 Å². The smallest absolute Gasteiger partial charge is 0.167 e. The molecule has 1 aliphatic carbocycles. The third-order valence-electron chi connectivity index (χ3n) is 4.85. The molecular weight excluding hydrogens is 276 g/mol. The lowest BCUT2D eigenvalue weighted by atomic mass is 9.94. The van der Waals surface area contributed by atoms with Crippen molar-refractivity contribution in [3.63, 3.8) is 0 Å². The largest absolute Gasteiger partial charge is 0.496 e. The van der Waals surface area contributed by atoms with Gasteiger partial charge in [0.25, 0.3) is 0 Å². The minimum Gasteiger partial charge on any atom is -0.496 e. The van der Waals surface area contributed by atoms with Crippen molar-refractivity contribution < 1.29 is 18.3 Å². The quantitative estimate of drug-likeness (QED) is 0.853. The van der Waals surface area contributed by atoms with Crippen molar-refractivity contribution in [2.45, 2.75) is 25.5 Å². The molecule has 3 rings (SSSR count). The Balaban J connectivity index is 1.78. The molecule has 3 nitrogen and oxygen atoms in total. The number of nitrogens with zero attached hydrogens (tertiary/aromatic N) is 1. The Morgan fingerprint density at radius 3 is 2.38 bits per heavy atom. The van der Waals surface area contributed by atoms with Crippen LogP contribution in [-0.2, 0) is 11.3 Å². The van der Waals surface area contributed by atoms with Crippen molar-refractivity contribution in [1.82, 2.24) is 4.90 Å². The highest BCUT2D eigenvalue weighted by Gasteiger charge is 2.42. The number of benzene rings is 1. The summed E-state index contributed by atoms with van der Waals surface area (Å²) < 4.78 is 38.3. The minimum atomic E-state index is -0.819. The van der Waals surface area contributed by atoms with Crippen LogP contribution in [0.15, 0.2) is 12.1 Å². The third-order valence-corrected chi connectivity index (χ3v) is 4.85. The first-order chi connectivity index (χ1) is 10.1. The number of ether oxygens (including phenoxy) is 2. The normalized spacial score (nSPS) is 28.9. The van der Waals surface area contributed by atoms with Crippen LogP contribution in [0.5, 0.6) is 5.75 Å². The summed E-state index contributed by atoms with van der Waals surface area (Å²) in [5, 5.41) is 0. The maximum absolute atomic E-state index is 14.1. The molecule has 2 aliphatic rings. The first-order valence-corrected chi connectivity index (χ1v) is 7.40. The van der Waals surface area contributed by atoms with Gasteiger partial charge < -0.3 is 9.47 Å². The average Bonchev–Trinajstić information content (AvgIpc) is 2.74. The molecule has 1 unspecified atom stereocenters. The van der Waals surface area contributed by atoms with Crippen LogP contribution >= 0.6 is 0 Å². The molecule has 1 aromatic carbocycles. The van der Waals surface area contributed by atoms with E-state index in [1.807, 2.05) is 0 Å². The lowest BCUT2D eigenvalue weighted by Gasteiger charge is -2.37. The van der Waals surface area contributed by atoms with E-state index in [1.165, 1.54) is 13.2 Å². The highest BCUT2D eigenvalue weighted by atomic mass is 19.2. The molecule has 0 N–H and O–H groups in total. The van der Waals surface area contributed by atoms with Crippen LogP contribution in [0.25, 0.3) is 0 Å². The SMILES string of the molecule is COc1ccc(F)c(F)c1CN1C[C@H]2CC[C@@H](C1)C2OC. The van der Waals surface area contributed by atoms with Gasteiger partial charge in [0.1, 0.15) is 5.75 Å². The second-order valence-electron chi connectivity index (χ2n) is 6.03. The van der Waals surface area contributed by atoms with Gasteiger partial charge in [-0.2, -0.15) is 0 Å². The summed E-state index contributed by atoms with van der Waals surface area (Å²) in [6, 6.07) is 2.60. The number of methoxy groups -OCH3 is 2. The molecule has 0 aromatic heterocycles. The standard InChI is InChI=1S/C16H21F2NO2/c1-20-14-6-5-13(17)15(18)12(14)9-19-7-10-3-4-11(8-19)16(10)21-2/h5-6,10-11,16H,3-4,7-9H2,1-2H3/t10-,11+,16?. The predicted molar refractivity (Wildman–Crippen MR) is 75.2 cm³/mol. The molecule has 0 amide bonds. The highest BCUT2D eigenvalue weighted by molar-refractivity contribution is 5.35. The van der Waals surface area contributed by atoms with Crippen LogP contribution in [-0.4, -0.2) is 38.3 Å². The fourth-order valence-electron chi connectivity index (χ4n) is 3.92. The summed E-state index contributed by atoms with van der Waals surface area (Å²) in [4.78, 5) is 2.19. The number of likely N-dealkylation sites (tertiary alicyclic amines) is 1. The molecule has 3 atom stereocenters. The minimum absolute atomic E-state index is 0.313. The van der Waals surface area contributed by atoms with Crippen molar-refractivity contribution in [1.29, 1.82) is 0 Å². The Kier molecular flexibility index (Phi) is 4.13. The Hall–Kier alpha value is -1.20. The van der Waals surface area contributed by atoms with Gasteiger partial charge in [-0.25, -0.2) is 8.78 Å². The van der Waals surface area contributed by atoms with E-state index in [1.54, 1.807) is 7.11 Å². The monoisotopic (exact) mass is 297 g/mol. The van der Waals surface area contributed by atoms with E-state index >= 15 is 0 Å². The van der Waals surface area contributed by atoms with E-state index in [9.17, 15) is 8.78 Å². The zero-order valence-corrected chi connectivity index (χ0v) is 12.4. The molecule has 2 fully saturated rings. The van der Waals surface area contributed by atoms with Crippen LogP contribution in [0.1, 0.15) is 18.4 Å². The fraction of sp³-hybridized carbons (Fsp3) is 0.625. The topological polar surface area (TPSA) is 21.7 Å². The van der Waals surface area contributed by atoms with E-state index in [2.05, 4.69) is 4.90 Å². The molecule has 1 saturated carbocycles. The van der Waals surface area contributed by atoms with E-state index in [0.29, 0.717) is 35.8 Å². The molecule has 5 heteroatoms. The number of halogens is 2. The van der Waals surface area contributed by atoms with Gasteiger partial charge >= 0.3 is 0 Å². The van der Waals surface area contributed by atoms with Gasteiger partial charge in [-0.1, -0.05) is 0 Å². The average molecular weight is 297 g/mol. The van der Waals surface area contributed by atoms with Gasteiger partial charge in [-0.15, -0.1) is 0 Å². The zero-order valence-electron chi connectivity index (χ0n) is 12.4. The summed E-state index contributed by atoms with van der Waals surface area (Å²) in [6.45, 7) is 2.12. The molecule has 0 radical (unpaired) electrons. The Bertz CT molecular complexity index is 509. The summed E-state index contributed by atoms with van der Waals surface area (Å²) >= 11 is 0. The van der Waals surface area contributed by atoms with Gasteiger partial charge in [-0.05, 0) is 36.8 Å². The predicted octanol–water partition coefficient (Wildman–Crippen LogP) is 2.83. The molecule has 2 bridgehead atoms. The van der Waals surface area contributed by atoms with Crippen molar-refractivity contribution in [3.05, 3.63) is 29.3 Å². The highest BCUT2D eigenvalue weighted by Crippen LogP contribution is 2.39. The second-order valence-corrected chi connectivity index (χ2v) is 6.03. The molecule has 1 aliphatic heterocycles. The van der Waals surface area contributed by atoms with Crippen LogP contribution in [0.2, 0.25) is 0 Å². The summed E-state index contributed by atoms with van der Waals surface area (Å²) in [5.41, 5.74) is 0.313. The summed E-state index contributed by atoms with van der Waals surface area (Å²) in [7, 11) is 3.25. The molecule has 21 heavy (non-hydrogen) atoms. The Morgan fingerprint density at radius 1 is 1.14 bits per heavy atom. The van der Waals surface area contributed by atoms with Crippen molar-refractivity contribution in [2.75, 3.05) is 27.3 Å².